The van der Waals surface area contributed by atoms with Gasteiger partial charge in [-0.05, 0) is 43.9 Å². The predicted octanol–water partition coefficient (Wildman–Crippen LogP) is 2.51. The molecule has 0 aromatic rings. The number of carbonyl (C=O) groups excluding carboxylic acids is 1. The Balaban J connectivity index is 1.88. The van der Waals surface area contributed by atoms with Gasteiger partial charge < -0.3 is 9.47 Å². The second-order valence-electron chi connectivity index (χ2n) is 5.86. The molecule has 4 aliphatic carbocycles. The molecular formula is C14H20O3. The highest BCUT2D eigenvalue weighted by Gasteiger charge is 2.60. The Morgan fingerprint density at radius 2 is 1.71 bits per heavy atom. The molecule has 3 heteroatoms. The molecule has 0 N–H and O–H groups in total. The summed E-state index contributed by atoms with van der Waals surface area (Å²) in [5, 5.41) is 0. The van der Waals surface area contributed by atoms with Gasteiger partial charge in [0.1, 0.15) is 0 Å². The van der Waals surface area contributed by atoms with Crippen LogP contribution in [0, 0.1) is 23.7 Å². The molecule has 0 radical (unpaired) electrons. The molecule has 4 bridgehead atoms. The lowest BCUT2D eigenvalue weighted by Crippen LogP contribution is -2.60. The van der Waals surface area contributed by atoms with E-state index in [9.17, 15) is 4.79 Å². The van der Waals surface area contributed by atoms with Gasteiger partial charge in [0, 0.05) is 25.0 Å². The predicted molar refractivity (Wildman–Crippen MR) is 63.1 cm³/mol. The van der Waals surface area contributed by atoms with Gasteiger partial charge in [-0.1, -0.05) is 6.58 Å². The van der Waals surface area contributed by atoms with Crippen LogP contribution in [0.4, 0.5) is 0 Å². The van der Waals surface area contributed by atoms with Crippen LogP contribution in [0.25, 0.3) is 0 Å². The topological polar surface area (TPSA) is 35.5 Å². The summed E-state index contributed by atoms with van der Waals surface area (Å²) >= 11 is 0. The Labute approximate surface area is 102 Å². The van der Waals surface area contributed by atoms with Crippen LogP contribution >= 0.6 is 0 Å². The van der Waals surface area contributed by atoms with Crippen molar-refractivity contribution in [3.63, 3.8) is 0 Å². The van der Waals surface area contributed by atoms with E-state index in [4.69, 9.17) is 9.47 Å². The molecule has 17 heavy (non-hydrogen) atoms. The lowest BCUT2D eigenvalue weighted by atomic mass is 9.53. The molecule has 4 rings (SSSR count). The van der Waals surface area contributed by atoms with Gasteiger partial charge in [0.2, 0.25) is 5.79 Å². The molecule has 0 aromatic carbocycles. The number of hydrogen-bond donors (Lipinski definition) is 0. The molecule has 0 heterocycles. The van der Waals surface area contributed by atoms with Gasteiger partial charge in [0.15, 0.2) is 0 Å². The maximum Gasteiger partial charge on any atom is 0.332 e. The number of hydrogen-bond acceptors (Lipinski definition) is 3. The lowest BCUT2D eigenvalue weighted by Gasteiger charge is -2.58. The third kappa shape index (κ3) is 1.55. The molecule has 4 fully saturated rings. The minimum Gasteiger partial charge on any atom is -0.429 e. The molecule has 0 amide bonds. The minimum absolute atomic E-state index is 0.348. The fourth-order valence-electron chi connectivity index (χ4n) is 4.58. The van der Waals surface area contributed by atoms with Gasteiger partial charge in [0.25, 0.3) is 0 Å². The van der Waals surface area contributed by atoms with Gasteiger partial charge in [-0.3, -0.25) is 0 Å². The van der Waals surface area contributed by atoms with E-state index in [1.807, 2.05) is 0 Å². The van der Waals surface area contributed by atoms with Crippen molar-refractivity contribution in [3.05, 3.63) is 12.7 Å². The van der Waals surface area contributed by atoms with Gasteiger partial charge in [0.05, 0.1) is 0 Å². The first-order valence-corrected chi connectivity index (χ1v) is 6.58. The van der Waals surface area contributed by atoms with Crippen LogP contribution in [0.3, 0.4) is 0 Å². The largest absolute Gasteiger partial charge is 0.429 e. The molecule has 0 saturated heterocycles. The molecule has 0 spiro atoms. The van der Waals surface area contributed by atoms with E-state index in [0.717, 1.165) is 37.5 Å². The van der Waals surface area contributed by atoms with Crippen LogP contribution in [-0.2, 0) is 14.3 Å². The molecule has 4 aliphatic rings. The van der Waals surface area contributed by atoms with E-state index in [0.29, 0.717) is 11.8 Å². The molecule has 0 unspecified atom stereocenters. The van der Waals surface area contributed by atoms with Crippen LogP contribution in [0.1, 0.15) is 32.1 Å². The van der Waals surface area contributed by atoms with E-state index < -0.39 is 5.79 Å². The summed E-state index contributed by atoms with van der Waals surface area (Å²) in [6.45, 7) is 3.48. The highest BCUT2D eigenvalue weighted by Crippen LogP contribution is 2.59. The molecule has 0 atom stereocenters. The average Bonchev–Trinajstić information content (AvgIpc) is 2.33. The fraction of sp³-hybridized carbons (Fsp3) is 0.786. The number of carbonyl (C=O) groups is 1. The number of ether oxygens (including phenoxy) is 2. The third-order valence-electron chi connectivity index (χ3n) is 5.02. The van der Waals surface area contributed by atoms with Crippen molar-refractivity contribution in [3.8, 4) is 0 Å². The summed E-state index contributed by atoms with van der Waals surface area (Å²) in [5.41, 5.74) is 0. The van der Waals surface area contributed by atoms with Crippen molar-refractivity contribution in [2.24, 2.45) is 23.7 Å². The van der Waals surface area contributed by atoms with E-state index in [-0.39, 0.29) is 5.97 Å². The van der Waals surface area contributed by atoms with E-state index in [1.165, 1.54) is 12.5 Å². The molecular weight excluding hydrogens is 216 g/mol. The molecule has 4 saturated carbocycles. The molecule has 94 valence electrons. The SMILES string of the molecule is C=CC(=O)OC1(OC)C2CC3CC(C2)CC1C3. The van der Waals surface area contributed by atoms with Crippen LogP contribution in [-0.4, -0.2) is 18.9 Å². The summed E-state index contributed by atoms with van der Waals surface area (Å²) in [6, 6.07) is 0. The normalized spacial score (nSPS) is 46.9. The Kier molecular flexibility index (Phi) is 2.54. The van der Waals surface area contributed by atoms with Crippen LogP contribution in [0.2, 0.25) is 0 Å². The third-order valence-corrected chi connectivity index (χ3v) is 5.02. The number of methoxy groups -OCH3 is 1. The Morgan fingerprint density at radius 1 is 1.18 bits per heavy atom. The van der Waals surface area contributed by atoms with Crippen molar-refractivity contribution in [1.82, 2.24) is 0 Å². The van der Waals surface area contributed by atoms with Crippen molar-refractivity contribution >= 4 is 5.97 Å². The summed E-state index contributed by atoms with van der Waals surface area (Å²) < 4.78 is 11.3. The van der Waals surface area contributed by atoms with Crippen molar-refractivity contribution < 1.29 is 14.3 Å². The zero-order valence-corrected chi connectivity index (χ0v) is 10.4. The van der Waals surface area contributed by atoms with E-state index >= 15 is 0 Å². The van der Waals surface area contributed by atoms with Gasteiger partial charge in [-0.2, -0.15) is 0 Å². The zero-order chi connectivity index (χ0) is 12.0. The average molecular weight is 236 g/mol. The summed E-state index contributed by atoms with van der Waals surface area (Å²) in [5.74, 6) is 1.46. The highest BCUT2D eigenvalue weighted by molar-refractivity contribution is 5.81. The Hall–Kier alpha value is -0.830. The summed E-state index contributed by atoms with van der Waals surface area (Å²) in [4.78, 5) is 11.5. The second kappa shape index (κ2) is 3.84. The monoisotopic (exact) mass is 236 g/mol. The lowest BCUT2D eigenvalue weighted by molar-refractivity contribution is -0.311. The molecule has 0 aliphatic heterocycles. The Bertz CT molecular complexity index is 319. The summed E-state index contributed by atoms with van der Waals surface area (Å²) in [6.07, 6.45) is 7.25. The first-order valence-electron chi connectivity index (χ1n) is 6.58. The minimum atomic E-state index is -0.654. The van der Waals surface area contributed by atoms with Gasteiger partial charge in [-0.25, -0.2) is 4.79 Å². The van der Waals surface area contributed by atoms with Gasteiger partial charge in [-0.15, -0.1) is 0 Å². The zero-order valence-electron chi connectivity index (χ0n) is 10.4. The van der Waals surface area contributed by atoms with Crippen LogP contribution in [0.15, 0.2) is 12.7 Å². The van der Waals surface area contributed by atoms with E-state index in [2.05, 4.69) is 6.58 Å². The van der Waals surface area contributed by atoms with Crippen molar-refractivity contribution in [2.45, 2.75) is 37.9 Å². The van der Waals surface area contributed by atoms with Crippen LogP contribution < -0.4 is 0 Å². The summed E-state index contributed by atoms with van der Waals surface area (Å²) in [7, 11) is 1.68. The molecule has 0 aromatic heterocycles. The number of rotatable bonds is 3. The quantitative estimate of drug-likeness (QED) is 0.429. The highest BCUT2D eigenvalue weighted by atomic mass is 16.7. The maximum atomic E-state index is 11.5. The molecule has 3 nitrogen and oxygen atoms in total. The van der Waals surface area contributed by atoms with Crippen molar-refractivity contribution in [1.29, 1.82) is 0 Å². The van der Waals surface area contributed by atoms with Gasteiger partial charge >= 0.3 is 5.97 Å². The first-order chi connectivity index (χ1) is 8.18. The first kappa shape index (κ1) is 11.3. The number of esters is 1. The Morgan fingerprint density at radius 3 is 2.12 bits per heavy atom. The fourth-order valence-corrected chi connectivity index (χ4v) is 4.58. The smallest absolute Gasteiger partial charge is 0.332 e. The maximum absolute atomic E-state index is 11.5. The van der Waals surface area contributed by atoms with E-state index in [1.54, 1.807) is 7.11 Å². The second-order valence-corrected chi connectivity index (χ2v) is 5.86. The van der Waals surface area contributed by atoms with Crippen molar-refractivity contribution in [2.75, 3.05) is 7.11 Å². The standard InChI is InChI=1S/C14H20O3/c1-3-13(15)17-14(16-2)11-5-9-4-10(7-11)8-12(14)6-9/h3,9-12H,1,4-8H2,2H3. The van der Waals surface area contributed by atoms with Crippen LogP contribution in [0.5, 0.6) is 0 Å².